The van der Waals surface area contributed by atoms with Gasteiger partial charge in [0.15, 0.2) is 0 Å². The highest BCUT2D eigenvalue weighted by Crippen LogP contribution is 2.41. The molecule has 1 spiro atoms. The van der Waals surface area contributed by atoms with E-state index in [9.17, 15) is 9.59 Å². The van der Waals surface area contributed by atoms with Crippen molar-refractivity contribution in [3.63, 3.8) is 0 Å². The Morgan fingerprint density at radius 3 is 2.71 bits per heavy atom. The van der Waals surface area contributed by atoms with Gasteiger partial charge in [-0.3, -0.25) is 9.59 Å². The van der Waals surface area contributed by atoms with Crippen LogP contribution in [0.1, 0.15) is 64.2 Å². The summed E-state index contributed by atoms with van der Waals surface area (Å²) < 4.78 is 0. The van der Waals surface area contributed by atoms with Crippen molar-refractivity contribution < 1.29 is 9.59 Å². The number of piperidine rings is 1. The quantitative estimate of drug-likeness (QED) is 0.724. The molecule has 2 amide bonds. The van der Waals surface area contributed by atoms with Gasteiger partial charge in [-0.05, 0) is 44.4 Å². The van der Waals surface area contributed by atoms with Gasteiger partial charge in [-0.15, -0.1) is 6.58 Å². The fourth-order valence-electron chi connectivity index (χ4n) is 4.86. The first-order chi connectivity index (χ1) is 11.6. The average Bonchev–Trinajstić information content (AvgIpc) is 3.03. The first-order valence-corrected chi connectivity index (χ1v) is 9.83. The summed E-state index contributed by atoms with van der Waals surface area (Å²) in [5.74, 6) is 1.21. The van der Waals surface area contributed by atoms with Crippen molar-refractivity contribution >= 4 is 11.8 Å². The molecule has 0 aromatic rings. The van der Waals surface area contributed by atoms with Gasteiger partial charge in [0, 0.05) is 32.6 Å². The monoisotopic (exact) mass is 332 g/mol. The summed E-state index contributed by atoms with van der Waals surface area (Å²) in [6, 6.07) is 0. The highest BCUT2D eigenvalue weighted by molar-refractivity contribution is 5.86. The number of hydrogen-bond donors (Lipinski definition) is 0. The van der Waals surface area contributed by atoms with Crippen LogP contribution in [-0.2, 0) is 9.59 Å². The maximum absolute atomic E-state index is 13.2. The third-order valence-corrected chi connectivity index (χ3v) is 6.30. The number of rotatable bonds is 5. The molecule has 134 valence electrons. The predicted octanol–water partition coefficient (Wildman–Crippen LogP) is 3.37. The lowest BCUT2D eigenvalue weighted by Gasteiger charge is -2.41. The number of allylic oxidation sites excluding steroid dienone is 1. The average molecular weight is 332 g/mol. The molecular weight excluding hydrogens is 300 g/mol. The van der Waals surface area contributed by atoms with Crippen LogP contribution in [0.15, 0.2) is 12.7 Å². The van der Waals surface area contributed by atoms with Crippen molar-refractivity contribution in [3.8, 4) is 0 Å². The zero-order chi connectivity index (χ0) is 17.0. The molecule has 4 heteroatoms. The van der Waals surface area contributed by atoms with Crippen molar-refractivity contribution in [2.24, 2.45) is 11.3 Å². The second-order valence-corrected chi connectivity index (χ2v) is 8.03. The Labute approximate surface area is 146 Å². The van der Waals surface area contributed by atoms with Crippen LogP contribution in [0.3, 0.4) is 0 Å². The topological polar surface area (TPSA) is 40.6 Å². The fourth-order valence-corrected chi connectivity index (χ4v) is 4.86. The van der Waals surface area contributed by atoms with E-state index in [1.165, 1.54) is 32.1 Å². The van der Waals surface area contributed by atoms with Crippen LogP contribution >= 0.6 is 0 Å². The van der Waals surface area contributed by atoms with E-state index in [1.807, 2.05) is 4.90 Å². The lowest BCUT2D eigenvalue weighted by molar-refractivity contribution is -0.147. The van der Waals surface area contributed by atoms with Gasteiger partial charge < -0.3 is 9.80 Å². The van der Waals surface area contributed by atoms with Gasteiger partial charge in [0.25, 0.3) is 0 Å². The van der Waals surface area contributed by atoms with E-state index in [0.29, 0.717) is 24.8 Å². The molecule has 3 rings (SSSR count). The first kappa shape index (κ1) is 17.5. The summed E-state index contributed by atoms with van der Waals surface area (Å²) in [5.41, 5.74) is -0.281. The van der Waals surface area contributed by atoms with Gasteiger partial charge in [-0.25, -0.2) is 0 Å². The largest absolute Gasteiger partial charge is 0.342 e. The minimum atomic E-state index is -0.281. The molecule has 4 nitrogen and oxygen atoms in total. The van der Waals surface area contributed by atoms with Crippen LogP contribution in [0.5, 0.6) is 0 Å². The molecule has 2 saturated heterocycles. The SMILES string of the molecule is C=CCCC(=O)N1CC[C@@]2(CCCN(CC3CCCCC3)C2=O)C1. The third-order valence-electron chi connectivity index (χ3n) is 6.30. The smallest absolute Gasteiger partial charge is 0.230 e. The highest BCUT2D eigenvalue weighted by Gasteiger charge is 2.49. The van der Waals surface area contributed by atoms with Gasteiger partial charge >= 0.3 is 0 Å². The highest BCUT2D eigenvalue weighted by atomic mass is 16.2. The molecule has 0 radical (unpaired) electrons. The number of carbonyl (C=O) groups is 2. The van der Waals surface area contributed by atoms with Crippen molar-refractivity contribution in [1.29, 1.82) is 0 Å². The zero-order valence-electron chi connectivity index (χ0n) is 15.0. The van der Waals surface area contributed by atoms with E-state index in [-0.39, 0.29) is 11.3 Å². The minimum Gasteiger partial charge on any atom is -0.342 e. The summed E-state index contributed by atoms with van der Waals surface area (Å²) in [6.07, 6.45) is 12.5. The van der Waals surface area contributed by atoms with Crippen LogP contribution in [0.25, 0.3) is 0 Å². The van der Waals surface area contributed by atoms with Gasteiger partial charge in [-0.2, -0.15) is 0 Å². The van der Waals surface area contributed by atoms with Crippen LogP contribution in [0.2, 0.25) is 0 Å². The van der Waals surface area contributed by atoms with Crippen LogP contribution < -0.4 is 0 Å². The Balaban J connectivity index is 1.60. The van der Waals surface area contributed by atoms with Crippen LogP contribution in [0, 0.1) is 11.3 Å². The molecule has 2 heterocycles. The van der Waals surface area contributed by atoms with Crippen molar-refractivity contribution in [2.75, 3.05) is 26.2 Å². The van der Waals surface area contributed by atoms with Crippen molar-refractivity contribution in [3.05, 3.63) is 12.7 Å². The Morgan fingerprint density at radius 1 is 1.17 bits per heavy atom. The molecule has 3 aliphatic rings. The standard InChI is InChI=1S/C20H32N2O2/c1-2-3-10-18(23)22-14-12-20(16-22)11-7-13-21(19(20)24)15-17-8-5-4-6-9-17/h2,17H,1,3-16H2/t20-/m0/s1. The van der Waals surface area contributed by atoms with Crippen molar-refractivity contribution in [1.82, 2.24) is 9.80 Å². The summed E-state index contributed by atoms with van der Waals surface area (Å²) in [6.45, 7) is 6.95. The number of carbonyl (C=O) groups excluding carboxylic acids is 2. The zero-order valence-corrected chi connectivity index (χ0v) is 15.0. The summed E-state index contributed by atoms with van der Waals surface area (Å²) in [4.78, 5) is 29.5. The number of likely N-dealkylation sites (tertiary alicyclic amines) is 2. The summed E-state index contributed by atoms with van der Waals surface area (Å²) >= 11 is 0. The molecule has 1 atom stereocenters. The van der Waals surface area contributed by atoms with E-state index >= 15 is 0 Å². The van der Waals surface area contributed by atoms with Crippen LogP contribution in [0.4, 0.5) is 0 Å². The normalized spacial score (nSPS) is 28.6. The Bertz CT molecular complexity index is 484. The molecule has 0 aromatic heterocycles. The number of hydrogen-bond acceptors (Lipinski definition) is 2. The Kier molecular flexibility index (Phi) is 5.62. The second kappa shape index (κ2) is 7.71. The Hall–Kier alpha value is -1.32. The van der Waals surface area contributed by atoms with E-state index in [4.69, 9.17) is 0 Å². The minimum absolute atomic E-state index is 0.184. The van der Waals surface area contributed by atoms with E-state index in [0.717, 1.165) is 45.3 Å². The Morgan fingerprint density at radius 2 is 1.96 bits per heavy atom. The van der Waals surface area contributed by atoms with E-state index in [1.54, 1.807) is 6.08 Å². The molecule has 24 heavy (non-hydrogen) atoms. The molecular formula is C20H32N2O2. The molecule has 0 N–H and O–H groups in total. The molecule has 0 unspecified atom stereocenters. The third kappa shape index (κ3) is 3.68. The van der Waals surface area contributed by atoms with Gasteiger partial charge in [0.2, 0.25) is 11.8 Å². The van der Waals surface area contributed by atoms with E-state index in [2.05, 4.69) is 11.5 Å². The summed E-state index contributed by atoms with van der Waals surface area (Å²) in [7, 11) is 0. The molecule has 0 aromatic carbocycles. The first-order valence-electron chi connectivity index (χ1n) is 9.83. The molecule has 3 fully saturated rings. The van der Waals surface area contributed by atoms with Gasteiger partial charge in [0.1, 0.15) is 0 Å². The number of amides is 2. The molecule has 1 saturated carbocycles. The van der Waals surface area contributed by atoms with Gasteiger partial charge in [-0.1, -0.05) is 25.3 Å². The molecule has 1 aliphatic carbocycles. The maximum Gasteiger partial charge on any atom is 0.230 e. The predicted molar refractivity (Wildman–Crippen MR) is 95.5 cm³/mol. The number of nitrogens with zero attached hydrogens (tertiary/aromatic N) is 2. The fraction of sp³-hybridized carbons (Fsp3) is 0.800. The second-order valence-electron chi connectivity index (χ2n) is 8.03. The lowest BCUT2D eigenvalue weighted by Crippen LogP contribution is -2.51. The van der Waals surface area contributed by atoms with E-state index < -0.39 is 0 Å². The summed E-state index contributed by atoms with van der Waals surface area (Å²) in [5, 5.41) is 0. The maximum atomic E-state index is 13.2. The van der Waals surface area contributed by atoms with Crippen LogP contribution in [-0.4, -0.2) is 47.8 Å². The van der Waals surface area contributed by atoms with Crippen molar-refractivity contribution in [2.45, 2.75) is 64.2 Å². The van der Waals surface area contributed by atoms with Gasteiger partial charge in [0.05, 0.1) is 5.41 Å². The molecule has 2 aliphatic heterocycles. The molecule has 0 bridgehead atoms. The lowest BCUT2D eigenvalue weighted by atomic mass is 9.77.